The molecule has 0 fully saturated rings. The van der Waals surface area contributed by atoms with Crippen LogP contribution in [0.3, 0.4) is 0 Å². The van der Waals surface area contributed by atoms with Gasteiger partial charge in [-0.3, -0.25) is 0 Å². The SMILES string of the molecule is c1cc[n+]2c(c1)-c1ccc(cc1)-c1cccc[n+]1Cc1ccc(cc1)C[n+]1ccccc1-c1ccc(cc1)-c1cccc[n+]1Cc1ccc(cc1)C2. The van der Waals surface area contributed by atoms with E-state index < -0.39 is 0 Å². The third-order valence-electron chi connectivity index (χ3n) is 10.2. The average Bonchev–Trinajstić information content (AvgIpc) is 3.20. The number of benzene rings is 4. The molecule has 0 unspecified atom stereocenters. The Morgan fingerprint density at radius 2 is 0.442 bits per heavy atom. The first-order valence-electron chi connectivity index (χ1n) is 18.0. The minimum Gasteiger partial charge on any atom is -0.194 e. The van der Waals surface area contributed by atoms with Crippen LogP contribution in [0.15, 0.2) is 195 Å². The van der Waals surface area contributed by atoms with Gasteiger partial charge in [-0.15, -0.1) is 0 Å². The minimum atomic E-state index is 0.799. The van der Waals surface area contributed by atoms with Crippen LogP contribution in [0.1, 0.15) is 22.3 Å². The van der Waals surface area contributed by atoms with Gasteiger partial charge in [-0.25, -0.2) is 0 Å². The van der Waals surface area contributed by atoms with Crippen molar-refractivity contribution in [3.63, 3.8) is 0 Å². The van der Waals surface area contributed by atoms with E-state index in [-0.39, 0.29) is 0 Å². The minimum absolute atomic E-state index is 0.799. The lowest BCUT2D eigenvalue weighted by Gasteiger charge is -2.09. The third kappa shape index (κ3) is 6.55. The van der Waals surface area contributed by atoms with Gasteiger partial charge < -0.3 is 0 Å². The van der Waals surface area contributed by atoms with Crippen LogP contribution in [0, 0.1) is 0 Å². The van der Waals surface area contributed by atoms with Crippen LogP contribution in [0.4, 0.5) is 0 Å². The number of nitrogens with zero attached hydrogens (tertiary/aromatic N) is 4. The highest BCUT2D eigenvalue weighted by Gasteiger charge is 2.19. The van der Waals surface area contributed by atoms with Crippen LogP contribution < -0.4 is 18.3 Å². The lowest BCUT2D eigenvalue weighted by molar-refractivity contribution is -0.678. The Kier molecular flexibility index (Phi) is 8.47. The van der Waals surface area contributed by atoms with E-state index >= 15 is 0 Å². The van der Waals surface area contributed by atoms with Gasteiger partial charge in [0.2, 0.25) is 22.8 Å². The van der Waals surface area contributed by atoms with Crippen molar-refractivity contribution in [1.82, 2.24) is 0 Å². The van der Waals surface area contributed by atoms with Crippen LogP contribution in [-0.2, 0) is 26.2 Å². The topological polar surface area (TPSA) is 15.5 Å². The van der Waals surface area contributed by atoms with Crippen LogP contribution in [0.5, 0.6) is 0 Å². The molecule has 4 aromatic heterocycles. The Labute approximate surface area is 305 Å². The second kappa shape index (κ2) is 14.0. The fraction of sp³-hybridized carbons (Fsp3) is 0.0833. The summed E-state index contributed by atoms with van der Waals surface area (Å²) in [6.07, 6.45) is 8.73. The van der Waals surface area contributed by atoms with Crippen molar-refractivity contribution in [1.29, 1.82) is 0 Å². The number of pyridine rings is 4. The van der Waals surface area contributed by atoms with Crippen molar-refractivity contribution < 1.29 is 18.3 Å². The molecule has 7 aliphatic heterocycles. The first-order valence-corrected chi connectivity index (χ1v) is 18.0. The Balaban J connectivity index is 1.12. The second-order valence-electron chi connectivity index (χ2n) is 13.6. The zero-order chi connectivity index (χ0) is 34.7. The summed E-state index contributed by atoms with van der Waals surface area (Å²) in [5.41, 5.74) is 14.7. The van der Waals surface area contributed by atoms with E-state index in [1.54, 1.807) is 0 Å². The van der Waals surface area contributed by atoms with Crippen molar-refractivity contribution >= 4 is 0 Å². The molecule has 0 spiro atoms. The molecule has 0 radical (unpaired) electrons. The predicted molar refractivity (Wildman–Crippen MR) is 205 cm³/mol. The molecule has 0 saturated carbocycles. The molecule has 11 heterocycles. The Hall–Kier alpha value is -6.52. The smallest absolute Gasteiger partial charge is 0.194 e. The van der Waals surface area contributed by atoms with Gasteiger partial charge in [-0.05, 0) is 72.8 Å². The Bertz CT molecular complexity index is 2130. The van der Waals surface area contributed by atoms with Crippen LogP contribution >= 0.6 is 0 Å². The summed E-state index contributed by atoms with van der Waals surface area (Å²) in [4.78, 5) is 0. The van der Waals surface area contributed by atoms with Gasteiger partial charge in [0.25, 0.3) is 0 Å². The maximum Gasteiger partial charge on any atom is 0.212 e. The fourth-order valence-electron chi connectivity index (χ4n) is 7.42. The standard InChI is InChI=1S/C48H40N4/c1-5-29-49-33-37-13-15-38(16-14-37)34-51-31-7-3-11-47(51)43-25-27-44(28-26-43)48-12-4-8-32-52(48)36-40-19-17-39(18-20-40)35-50-30-6-2-10-46(50)42-23-21-41(22-24-42)45(49)9-1/h1-32H,33-36H2/q+4. The zero-order valence-electron chi connectivity index (χ0n) is 29.1. The number of hydrogen-bond acceptors (Lipinski definition) is 0. The fourth-order valence-corrected chi connectivity index (χ4v) is 7.42. The van der Waals surface area contributed by atoms with Gasteiger partial charge in [0.15, 0.2) is 51.0 Å². The predicted octanol–water partition coefficient (Wildman–Crippen LogP) is 8.01. The highest BCUT2D eigenvalue weighted by Crippen LogP contribution is 2.24. The number of rotatable bonds is 0. The molecule has 0 aliphatic carbocycles. The normalized spacial score (nSPS) is 12.3. The van der Waals surface area contributed by atoms with Crippen molar-refractivity contribution in [2.75, 3.05) is 0 Å². The van der Waals surface area contributed by atoms with Gasteiger partial charge in [0.1, 0.15) is 0 Å². The summed E-state index contributed by atoms with van der Waals surface area (Å²) in [6.45, 7) is 3.20. The van der Waals surface area contributed by atoms with Crippen molar-refractivity contribution in [3.8, 4) is 45.0 Å². The number of hydrogen-bond donors (Lipinski definition) is 0. The molecule has 4 aromatic carbocycles. The molecule has 0 amide bonds. The molecule has 4 heteroatoms. The van der Waals surface area contributed by atoms with Crippen molar-refractivity contribution in [2.24, 2.45) is 0 Å². The molecule has 52 heavy (non-hydrogen) atoms. The summed E-state index contributed by atoms with van der Waals surface area (Å²) >= 11 is 0. The molecule has 4 nitrogen and oxygen atoms in total. The quantitative estimate of drug-likeness (QED) is 0.145. The number of aromatic nitrogens is 4. The van der Waals surface area contributed by atoms with E-state index in [0.717, 1.165) is 26.2 Å². The van der Waals surface area contributed by atoms with E-state index in [2.05, 4.69) is 213 Å². The lowest BCUT2D eigenvalue weighted by Crippen LogP contribution is -2.37. The van der Waals surface area contributed by atoms with Crippen molar-refractivity contribution in [3.05, 3.63) is 217 Å². The van der Waals surface area contributed by atoms with Gasteiger partial charge in [0, 0.05) is 93.0 Å². The molecule has 15 rings (SSSR count). The Morgan fingerprint density at radius 3 is 0.654 bits per heavy atom. The molecular weight excluding hydrogens is 633 g/mol. The maximum atomic E-state index is 2.34. The van der Waals surface area contributed by atoms with E-state index in [1.165, 1.54) is 67.3 Å². The molecule has 0 saturated heterocycles. The second-order valence-corrected chi connectivity index (χ2v) is 13.6. The zero-order valence-corrected chi connectivity index (χ0v) is 29.1. The first kappa shape index (κ1) is 31.5. The van der Waals surface area contributed by atoms with Crippen molar-refractivity contribution in [2.45, 2.75) is 26.2 Å². The first-order chi connectivity index (χ1) is 25.7. The highest BCUT2D eigenvalue weighted by atomic mass is 15.0. The summed E-state index contributed by atoms with van der Waals surface area (Å²) < 4.78 is 9.37. The highest BCUT2D eigenvalue weighted by molar-refractivity contribution is 5.65. The Morgan fingerprint density at radius 1 is 0.231 bits per heavy atom. The van der Waals surface area contributed by atoms with Gasteiger partial charge >= 0.3 is 0 Å². The summed E-state index contributed by atoms with van der Waals surface area (Å²) in [7, 11) is 0. The molecule has 0 N–H and O–H groups in total. The maximum absolute atomic E-state index is 2.34. The monoisotopic (exact) mass is 672 g/mol. The van der Waals surface area contributed by atoms with Gasteiger partial charge in [0.05, 0.1) is 0 Å². The van der Waals surface area contributed by atoms with Gasteiger partial charge in [-0.1, -0.05) is 48.5 Å². The lowest BCUT2D eigenvalue weighted by atomic mass is 10.0. The third-order valence-corrected chi connectivity index (χ3v) is 10.2. The largest absolute Gasteiger partial charge is 0.212 e. The molecule has 8 aromatic rings. The van der Waals surface area contributed by atoms with E-state index in [0.29, 0.717) is 0 Å². The van der Waals surface area contributed by atoms with E-state index in [4.69, 9.17) is 0 Å². The molecule has 8 bridgehead atoms. The van der Waals surface area contributed by atoms with Crippen LogP contribution in [0.2, 0.25) is 0 Å². The molecule has 248 valence electrons. The van der Waals surface area contributed by atoms with E-state index in [9.17, 15) is 0 Å². The summed E-state index contributed by atoms with van der Waals surface area (Å²) in [5.74, 6) is 0. The van der Waals surface area contributed by atoms with Gasteiger partial charge in [-0.2, -0.15) is 18.3 Å². The molecule has 0 atom stereocenters. The summed E-state index contributed by atoms with van der Waals surface area (Å²) in [5, 5.41) is 0. The van der Waals surface area contributed by atoms with Crippen LogP contribution in [-0.4, -0.2) is 0 Å². The summed E-state index contributed by atoms with van der Waals surface area (Å²) in [6, 6.07) is 62.0. The molecule has 7 aliphatic rings. The van der Waals surface area contributed by atoms with Crippen LogP contribution in [0.25, 0.3) is 45.0 Å². The average molecular weight is 673 g/mol. The molecular formula is C48H40N4+4. The van der Waals surface area contributed by atoms with E-state index in [1.807, 2.05) is 0 Å².